The van der Waals surface area contributed by atoms with Gasteiger partial charge in [0, 0.05) is 19.5 Å². The SMILES string of the molecule is Cn1nc(CNC(=O)OCC2c3ccccc3-c3ccccc32)cc1C(=O)NCC(O)CC(=O)O. The van der Waals surface area contributed by atoms with Crippen molar-refractivity contribution in [2.24, 2.45) is 7.05 Å². The Hall–Kier alpha value is -4.18. The molecule has 1 unspecified atom stereocenters. The number of aliphatic hydroxyl groups is 1. The van der Waals surface area contributed by atoms with Crippen molar-refractivity contribution in [2.45, 2.75) is 25.0 Å². The van der Waals surface area contributed by atoms with E-state index in [9.17, 15) is 19.5 Å². The van der Waals surface area contributed by atoms with Crippen LogP contribution in [-0.2, 0) is 23.1 Å². The third kappa shape index (κ3) is 5.49. The number of aromatic nitrogens is 2. The van der Waals surface area contributed by atoms with Crippen LogP contribution in [0.5, 0.6) is 0 Å². The quantitative estimate of drug-likeness (QED) is 0.368. The van der Waals surface area contributed by atoms with Crippen LogP contribution < -0.4 is 10.6 Å². The molecule has 1 aromatic heterocycles. The number of carbonyl (C=O) groups is 3. The van der Waals surface area contributed by atoms with Crippen molar-refractivity contribution in [1.82, 2.24) is 20.4 Å². The first-order valence-electron chi connectivity index (χ1n) is 11.1. The molecule has 182 valence electrons. The van der Waals surface area contributed by atoms with Crippen molar-refractivity contribution < 1.29 is 29.3 Å². The number of hydrogen-bond donors (Lipinski definition) is 4. The molecule has 2 amide bonds. The summed E-state index contributed by atoms with van der Waals surface area (Å²) in [6.07, 6.45) is -2.26. The van der Waals surface area contributed by atoms with Crippen LogP contribution in [0.2, 0.25) is 0 Å². The normalized spacial score (nSPS) is 13.0. The third-order valence-corrected chi connectivity index (χ3v) is 5.83. The Kier molecular flexibility index (Phi) is 7.11. The summed E-state index contributed by atoms with van der Waals surface area (Å²) in [6, 6.07) is 17.6. The largest absolute Gasteiger partial charge is 0.481 e. The molecule has 0 radical (unpaired) electrons. The molecule has 0 bridgehead atoms. The van der Waals surface area contributed by atoms with Gasteiger partial charge >= 0.3 is 12.1 Å². The maximum absolute atomic E-state index is 12.4. The van der Waals surface area contributed by atoms with Gasteiger partial charge in [0.2, 0.25) is 0 Å². The van der Waals surface area contributed by atoms with E-state index in [4.69, 9.17) is 9.84 Å². The lowest BCUT2D eigenvalue weighted by molar-refractivity contribution is -0.139. The first-order valence-corrected chi connectivity index (χ1v) is 11.1. The fourth-order valence-corrected chi connectivity index (χ4v) is 4.21. The van der Waals surface area contributed by atoms with E-state index >= 15 is 0 Å². The summed E-state index contributed by atoms with van der Waals surface area (Å²) in [5.41, 5.74) is 5.18. The van der Waals surface area contributed by atoms with Crippen molar-refractivity contribution in [1.29, 1.82) is 0 Å². The molecule has 4 N–H and O–H groups in total. The Bertz CT molecular complexity index is 1210. The summed E-state index contributed by atoms with van der Waals surface area (Å²) in [6.45, 7) is 0.0392. The molecule has 10 nitrogen and oxygen atoms in total. The van der Waals surface area contributed by atoms with E-state index in [1.54, 1.807) is 7.05 Å². The smallest absolute Gasteiger partial charge is 0.407 e. The number of carboxylic acid groups (broad SMARTS) is 1. The van der Waals surface area contributed by atoms with Crippen LogP contribution in [0.15, 0.2) is 54.6 Å². The lowest BCUT2D eigenvalue weighted by Gasteiger charge is -2.14. The Labute approximate surface area is 201 Å². The van der Waals surface area contributed by atoms with Crippen molar-refractivity contribution in [3.8, 4) is 11.1 Å². The first kappa shape index (κ1) is 24.0. The molecule has 0 fully saturated rings. The summed E-state index contributed by atoms with van der Waals surface area (Å²) in [7, 11) is 1.57. The highest BCUT2D eigenvalue weighted by Gasteiger charge is 2.29. The van der Waals surface area contributed by atoms with E-state index in [-0.39, 0.29) is 31.3 Å². The topological polar surface area (TPSA) is 143 Å². The molecular weight excluding hydrogens is 452 g/mol. The number of aliphatic hydroxyl groups excluding tert-OH is 1. The molecule has 0 saturated heterocycles. The number of aliphatic carboxylic acids is 1. The Morgan fingerprint density at radius 2 is 1.69 bits per heavy atom. The second-order valence-electron chi connectivity index (χ2n) is 8.29. The number of nitrogens with one attached hydrogen (secondary N) is 2. The predicted molar refractivity (Wildman–Crippen MR) is 126 cm³/mol. The van der Waals surface area contributed by atoms with E-state index < -0.39 is 30.5 Å². The zero-order valence-electron chi connectivity index (χ0n) is 19.1. The minimum atomic E-state index is -1.20. The number of hydrogen-bond acceptors (Lipinski definition) is 6. The Morgan fingerprint density at radius 1 is 1.06 bits per heavy atom. The molecule has 2 aromatic carbocycles. The number of rotatable bonds is 9. The van der Waals surface area contributed by atoms with Gasteiger partial charge in [0.05, 0.1) is 24.8 Å². The van der Waals surface area contributed by atoms with Gasteiger partial charge in [0.15, 0.2) is 0 Å². The number of fused-ring (bicyclic) bond motifs is 3. The average Bonchev–Trinajstić information content (AvgIpc) is 3.37. The number of ether oxygens (including phenoxy) is 1. The van der Waals surface area contributed by atoms with E-state index in [2.05, 4.69) is 27.9 Å². The van der Waals surface area contributed by atoms with Crippen LogP contribution in [-0.4, -0.2) is 57.2 Å². The van der Waals surface area contributed by atoms with Gasteiger partial charge in [-0.2, -0.15) is 5.10 Å². The second-order valence-corrected chi connectivity index (χ2v) is 8.29. The van der Waals surface area contributed by atoms with Crippen LogP contribution in [0.4, 0.5) is 4.79 Å². The maximum atomic E-state index is 12.4. The number of aryl methyl sites for hydroxylation is 1. The number of alkyl carbamates (subject to hydrolysis) is 1. The summed E-state index contributed by atoms with van der Waals surface area (Å²) in [4.78, 5) is 35.3. The lowest BCUT2D eigenvalue weighted by Crippen LogP contribution is -2.34. The fourth-order valence-electron chi connectivity index (χ4n) is 4.21. The highest BCUT2D eigenvalue weighted by atomic mass is 16.5. The van der Waals surface area contributed by atoms with Crippen LogP contribution in [0.3, 0.4) is 0 Å². The highest BCUT2D eigenvalue weighted by molar-refractivity contribution is 5.92. The average molecular weight is 479 g/mol. The number of carbonyl (C=O) groups excluding carboxylic acids is 2. The molecule has 1 heterocycles. The monoisotopic (exact) mass is 478 g/mol. The molecule has 1 aliphatic rings. The molecule has 1 aliphatic carbocycles. The Morgan fingerprint density at radius 3 is 2.31 bits per heavy atom. The summed E-state index contributed by atoms with van der Waals surface area (Å²) >= 11 is 0. The molecule has 10 heteroatoms. The van der Waals surface area contributed by atoms with Gasteiger partial charge in [0.25, 0.3) is 5.91 Å². The zero-order valence-corrected chi connectivity index (χ0v) is 19.1. The fraction of sp³-hybridized carbons (Fsp3) is 0.280. The van der Waals surface area contributed by atoms with Crippen LogP contribution in [0, 0.1) is 0 Å². The Balaban J connectivity index is 1.30. The van der Waals surface area contributed by atoms with Gasteiger partial charge in [-0.1, -0.05) is 48.5 Å². The number of carboxylic acids is 1. The molecule has 1 atom stereocenters. The van der Waals surface area contributed by atoms with E-state index in [0.717, 1.165) is 22.3 Å². The van der Waals surface area contributed by atoms with E-state index in [0.29, 0.717) is 5.69 Å². The summed E-state index contributed by atoms with van der Waals surface area (Å²) in [5, 5.41) is 27.6. The predicted octanol–water partition coefficient (Wildman–Crippen LogP) is 2.02. The third-order valence-electron chi connectivity index (χ3n) is 5.83. The van der Waals surface area contributed by atoms with Gasteiger partial charge < -0.3 is 25.6 Å². The van der Waals surface area contributed by atoms with E-state index in [1.807, 2.05) is 36.4 Å². The van der Waals surface area contributed by atoms with E-state index in [1.165, 1.54) is 10.7 Å². The second kappa shape index (κ2) is 10.4. The van der Waals surface area contributed by atoms with Gasteiger partial charge in [0.1, 0.15) is 12.3 Å². The summed E-state index contributed by atoms with van der Waals surface area (Å²) in [5.74, 6) is -1.72. The number of amides is 2. The van der Waals surface area contributed by atoms with Crippen molar-refractivity contribution in [2.75, 3.05) is 13.2 Å². The minimum Gasteiger partial charge on any atom is -0.481 e. The molecule has 0 spiro atoms. The molecule has 35 heavy (non-hydrogen) atoms. The van der Waals surface area contributed by atoms with Gasteiger partial charge in [-0.05, 0) is 28.3 Å². The minimum absolute atomic E-state index is 0.0465. The highest BCUT2D eigenvalue weighted by Crippen LogP contribution is 2.44. The number of benzene rings is 2. The lowest BCUT2D eigenvalue weighted by atomic mass is 9.98. The molecule has 0 saturated carbocycles. The molecule has 3 aromatic rings. The van der Waals surface area contributed by atoms with Crippen LogP contribution in [0.1, 0.15) is 39.6 Å². The molecule has 0 aliphatic heterocycles. The maximum Gasteiger partial charge on any atom is 0.407 e. The molecular formula is C25H26N4O6. The van der Waals surface area contributed by atoms with Gasteiger partial charge in [-0.3, -0.25) is 14.3 Å². The number of nitrogens with zero attached hydrogens (tertiary/aromatic N) is 2. The summed E-state index contributed by atoms with van der Waals surface area (Å²) < 4.78 is 6.84. The van der Waals surface area contributed by atoms with Crippen molar-refractivity contribution in [3.05, 3.63) is 77.1 Å². The van der Waals surface area contributed by atoms with Crippen LogP contribution >= 0.6 is 0 Å². The zero-order chi connectivity index (χ0) is 24.9. The first-order chi connectivity index (χ1) is 16.8. The van der Waals surface area contributed by atoms with Crippen molar-refractivity contribution in [3.63, 3.8) is 0 Å². The standard InChI is InChI=1S/C25H26N4O6/c1-29-22(24(33)26-13-16(30)11-23(31)32)10-15(28-29)12-27-25(34)35-14-21-19-8-4-2-6-17(19)18-7-3-5-9-20(18)21/h2-10,16,21,30H,11-14H2,1H3,(H,26,33)(H,27,34)(H,31,32). The van der Waals surface area contributed by atoms with Crippen molar-refractivity contribution >= 4 is 18.0 Å². The van der Waals surface area contributed by atoms with Gasteiger partial charge in [-0.25, -0.2) is 4.79 Å². The molecule has 4 rings (SSSR count). The van der Waals surface area contributed by atoms with Gasteiger partial charge in [-0.15, -0.1) is 0 Å². The van der Waals surface area contributed by atoms with Crippen LogP contribution in [0.25, 0.3) is 11.1 Å².